The summed E-state index contributed by atoms with van der Waals surface area (Å²) < 4.78 is 6.58. The lowest BCUT2D eigenvalue weighted by atomic mass is 10.2. The topological polar surface area (TPSA) is 52.4 Å². The number of nitro groups is 1. The lowest BCUT2D eigenvalue weighted by Gasteiger charge is -2.12. The van der Waals surface area contributed by atoms with Gasteiger partial charge in [-0.25, -0.2) is 0 Å². The second-order valence-electron chi connectivity index (χ2n) is 4.04. The Hall–Kier alpha value is -1.40. The molecule has 0 spiro atoms. The van der Waals surface area contributed by atoms with Gasteiger partial charge in [-0.1, -0.05) is 40.2 Å². The molecule has 0 radical (unpaired) electrons. The largest absolute Gasteiger partial charge is 0.487 e. The molecule has 0 saturated carbocycles. The van der Waals surface area contributed by atoms with Gasteiger partial charge in [0.25, 0.3) is 5.69 Å². The second-order valence-corrected chi connectivity index (χ2v) is 5.45. The number of halogens is 2. The Bertz CT molecular complexity index is 632. The molecule has 0 aromatic heterocycles. The van der Waals surface area contributed by atoms with E-state index in [0.29, 0.717) is 16.6 Å². The molecule has 0 N–H and O–H groups in total. The van der Waals surface area contributed by atoms with E-state index in [0.717, 1.165) is 10.0 Å². The zero-order valence-corrected chi connectivity index (χ0v) is 13.6. The number of hydrogen-bond donors (Lipinski definition) is 0. The summed E-state index contributed by atoms with van der Waals surface area (Å²) in [4.78, 5) is 10.6. The minimum atomic E-state index is -0.399. The Kier molecular flexibility index (Phi) is 5.14. The average molecular weight is 401 g/mol. The molecule has 0 fully saturated rings. The van der Waals surface area contributed by atoms with Crippen molar-refractivity contribution in [2.75, 3.05) is 0 Å². The third-order valence-electron chi connectivity index (χ3n) is 2.75. The van der Waals surface area contributed by atoms with Crippen molar-refractivity contribution in [3.8, 4) is 5.75 Å². The van der Waals surface area contributed by atoms with Crippen LogP contribution in [0.3, 0.4) is 0 Å². The van der Waals surface area contributed by atoms with Crippen LogP contribution in [0.1, 0.15) is 11.1 Å². The molecule has 2 aromatic carbocycles. The van der Waals surface area contributed by atoms with E-state index in [9.17, 15) is 10.1 Å². The highest BCUT2D eigenvalue weighted by Crippen LogP contribution is 2.32. The minimum absolute atomic E-state index is 0.0694. The molecule has 0 aliphatic heterocycles. The van der Waals surface area contributed by atoms with Gasteiger partial charge >= 0.3 is 0 Å². The molecule has 104 valence electrons. The molecular formula is C14H11Br2NO3. The molecule has 0 amide bonds. The quantitative estimate of drug-likeness (QED) is 0.410. The third-order valence-corrected chi connectivity index (χ3v) is 3.98. The number of hydrogen-bond acceptors (Lipinski definition) is 3. The predicted octanol–water partition coefficient (Wildman–Crippen LogP) is 4.83. The van der Waals surface area contributed by atoms with Gasteiger partial charge in [0.1, 0.15) is 12.4 Å². The van der Waals surface area contributed by atoms with Crippen molar-refractivity contribution < 1.29 is 9.66 Å². The van der Waals surface area contributed by atoms with E-state index in [1.54, 1.807) is 18.2 Å². The van der Waals surface area contributed by atoms with Crippen LogP contribution in [-0.4, -0.2) is 4.92 Å². The van der Waals surface area contributed by atoms with Gasteiger partial charge < -0.3 is 4.74 Å². The van der Waals surface area contributed by atoms with Crippen LogP contribution in [0, 0.1) is 10.1 Å². The fourth-order valence-corrected chi connectivity index (χ4v) is 2.74. The summed E-state index contributed by atoms with van der Waals surface area (Å²) in [5, 5.41) is 11.6. The molecule has 0 atom stereocenters. The number of nitro benzene ring substituents is 1. The minimum Gasteiger partial charge on any atom is -0.487 e. The van der Waals surface area contributed by atoms with Gasteiger partial charge in [0.2, 0.25) is 0 Å². The number of rotatable bonds is 5. The number of ether oxygens (including phenoxy) is 1. The number of para-hydroxylation sites is 2. The lowest BCUT2D eigenvalue weighted by molar-refractivity contribution is -0.385. The molecule has 0 bridgehead atoms. The van der Waals surface area contributed by atoms with E-state index >= 15 is 0 Å². The van der Waals surface area contributed by atoms with Crippen LogP contribution in [0.2, 0.25) is 0 Å². The molecule has 20 heavy (non-hydrogen) atoms. The van der Waals surface area contributed by atoms with Crippen molar-refractivity contribution in [3.05, 3.63) is 68.2 Å². The van der Waals surface area contributed by atoms with Crippen LogP contribution in [0.25, 0.3) is 0 Å². The summed E-state index contributed by atoms with van der Waals surface area (Å²) in [6.45, 7) is 0.153. The maximum Gasteiger partial charge on any atom is 0.276 e. The second kappa shape index (κ2) is 6.85. The molecule has 0 heterocycles. The molecule has 4 nitrogen and oxygen atoms in total. The summed E-state index contributed by atoms with van der Waals surface area (Å²) in [6, 6.07) is 12.3. The summed E-state index contributed by atoms with van der Waals surface area (Å²) in [6.07, 6.45) is 0. The fourth-order valence-electron chi connectivity index (χ4n) is 1.78. The van der Waals surface area contributed by atoms with Gasteiger partial charge in [-0.3, -0.25) is 10.1 Å². The van der Waals surface area contributed by atoms with Crippen LogP contribution in [0.5, 0.6) is 5.75 Å². The number of alkyl halides is 1. The first-order chi connectivity index (χ1) is 9.63. The molecule has 0 saturated heterocycles. The molecule has 6 heteroatoms. The van der Waals surface area contributed by atoms with Crippen LogP contribution in [-0.2, 0) is 11.9 Å². The van der Waals surface area contributed by atoms with E-state index in [1.165, 1.54) is 6.07 Å². The van der Waals surface area contributed by atoms with Gasteiger partial charge in [-0.15, -0.1) is 0 Å². The molecule has 0 aliphatic carbocycles. The van der Waals surface area contributed by atoms with Crippen molar-refractivity contribution in [3.63, 3.8) is 0 Å². The number of nitrogens with zero attached hydrogens (tertiary/aromatic N) is 1. The molecule has 2 aromatic rings. The van der Waals surface area contributed by atoms with E-state index < -0.39 is 4.92 Å². The Morgan fingerprint density at radius 1 is 1.10 bits per heavy atom. The summed E-state index contributed by atoms with van der Waals surface area (Å²) in [7, 11) is 0. The Labute approximate surface area is 133 Å². The van der Waals surface area contributed by atoms with Crippen LogP contribution in [0.4, 0.5) is 5.69 Å². The van der Waals surface area contributed by atoms with Crippen molar-refractivity contribution in [2.24, 2.45) is 0 Å². The normalized spacial score (nSPS) is 10.3. The zero-order chi connectivity index (χ0) is 14.5. The van der Waals surface area contributed by atoms with E-state index in [-0.39, 0.29) is 12.3 Å². The van der Waals surface area contributed by atoms with Crippen molar-refractivity contribution in [2.45, 2.75) is 11.9 Å². The van der Waals surface area contributed by atoms with Crippen molar-refractivity contribution in [1.29, 1.82) is 0 Å². The molecular weight excluding hydrogens is 390 g/mol. The van der Waals surface area contributed by atoms with Gasteiger partial charge in [0.05, 0.1) is 15.0 Å². The van der Waals surface area contributed by atoms with E-state index in [2.05, 4.69) is 31.9 Å². The lowest BCUT2D eigenvalue weighted by Crippen LogP contribution is -2.02. The molecule has 2 rings (SSSR count). The summed E-state index contributed by atoms with van der Waals surface area (Å²) in [5.74, 6) is 0.697. The Balaban J connectivity index is 2.24. The first-order valence-electron chi connectivity index (χ1n) is 5.82. The first-order valence-corrected chi connectivity index (χ1v) is 7.73. The van der Waals surface area contributed by atoms with Crippen LogP contribution in [0.15, 0.2) is 46.9 Å². The maximum atomic E-state index is 11.0. The van der Waals surface area contributed by atoms with Crippen LogP contribution < -0.4 is 4.74 Å². The highest BCUT2D eigenvalue weighted by atomic mass is 79.9. The Morgan fingerprint density at radius 2 is 1.80 bits per heavy atom. The summed E-state index contributed by atoms with van der Waals surface area (Å²) in [5.41, 5.74) is 1.60. The van der Waals surface area contributed by atoms with Gasteiger partial charge in [-0.2, -0.15) is 0 Å². The van der Waals surface area contributed by atoms with Crippen molar-refractivity contribution in [1.82, 2.24) is 0 Å². The monoisotopic (exact) mass is 399 g/mol. The fraction of sp³-hybridized carbons (Fsp3) is 0.143. The van der Waals surface area contributed by atoms with Gasteiger partial charge in [-0.05, 0) is 28.1 Å². The van der Waals surface area contributed by atoms with Crippen molar-refractivity contribution >= 4 is 37.5 Å². The van der Waals surface area contributed by atoms with E-state index in [4.69, 9.17) is 4.74 Å². The predicted molar refractivity (Wildman–Crippen MR) is 84.2 cm³/mol. The third kappa shape index (κ3) is 3.37. The highest BCUT2D eigenvalue weighted by molar-refractivity contribution is 9.10. The van der Waals surface area contributed by atoms with Gasteiger partial charge in [0, 0.05) is 17.0 Å². The SMILES string of the molecule is O=[N+]([O-])c1ccccc1COc1c(Br)cccc1CBr. The van der Waals surface area contributed by atoms with Crippen LogP contribution >= 0.6 is 31.9 Å². The molecule has 0 aliphatic rings. The summed E-state index contributed by atoms with van der Waals surface area (Å²) >= 11 is 6.83. The molecule has 0 unspecified atom stereocenters. The van der Waals surface area contributed by atoms with Gasteiger partial charge in [0.15, 0.2) is 0 Å². The Morgan fingerprint density at radius 3 is 2.50 bits per heavy atom. The highest BCUT2D eigenvalue weighted by Gasteiger charge is 2.14. The smallest absolute Gasteiger partial charge is 0.276 e. The zero-order valence-electron chi connectivity index (χ0n) is 10.4. The number of benzene rings is 2. The first kappa shape index (κ1) is 15.0. The maximum absolute atomic E-state index is 11.0. The van der Waals surface area contributed by atoms with E-state index in [1.807, 2.05) is 18.2 Å². The average Bonchev–Trinajstić information content (AvgIpc) is 2.46. The standard InChI is InChI=1S/C14H11Br2NO3/c15-8-10-5-3-6-12(16)14(10)20-9-11-4-1-2-7-13(11)17(18)19/h1-7H,8-9H2.